The van der Waals surface area contributed by atoms with E-state index in [0.29, 0.717) is 17.9 Å². The number of hydrogen-bond donors (Lipinski definition) is 3. The van der Waals surface area contributed by atoms with Gasteiger partial charge in [0.05, 0.1) is 11.4 Å². The quantitative estimate of drug-likeness (QED) is 0.593. The number of sulfonamides is 1. The Morgan fingerprint density at radius 3 is 2.76 bits per heavy atom. The molecule has 21 heavy (non-hydrogen) atoms. The van der Waals surface area contributed by atoms with Crippen molar-refractivity contribution in [2.45, 2.75) is 32.3 Å². The number of aliphatic hydroxyl groups is 1. The van der Waals surface area contributed by atoms with Crippen LogP contribution >= 0.6 is 0 Å². The Morgan fingerprint density at radius 1 is 1.43 bits per heavy atom. The summed E-state index contributed by atoms with van der Waals surface area (Å²) < 4.78 is 31.4. The zero-order valence-electron chi connectivity index (χ0n) is 12.5. The molecule has 0 saturated carbocycles. The molecule has 1 rings (SSSR count). The molecule has 0 spiro atoms. The van der Waals surface area contributed by atoms with Gasteiger partial charge in [0.2, 0.25) is 10.0 Å². The van der Waals surface area contributed by atoms with E-state index >= 15 is 0 Å². The average molecular weight is 316 g/mol. The normalized spacial score (nSPS) is 14.6. The fourth-order valence-corrected chi connectivity index (χ4v) is 2.82. The highest BCUT2D eigenvalue weighted by atomic mass is 32.2. The fourth-order valence-electron chi connectivity index (χ4n) is 1.84. The Labute approximate surface area is 126 Å². The molecule has 1 aromatic rings. The topological polar surface area (TPSA) is 102 Å². The van der Waals surface area contributed by atoms with Crippen molar-refractivity contribution in [2.24, 2.45) is 0 Å². The molecule has 0 fully saturated rings. The van der Waals surface area contributed by atoms with Gasteiger partial charge in [0.1, 0.15) is 12.4 Å². The molecular formula is C14H24N2O4S. The van der Waals surface area contributed by atoms with E-state index in [2.05, 4.69) is 4.72 Å². The fraction of sp³-hybridized carbons (Fsp3) is 0.571. The lowest BCUT2D eigenvalue weighted by atomic mass is 10.0. The highest BCUT2D eigenvalue weighted by Gasteiger charge is 2.22. The maximum Gasteiger partial charge on any atom is 0.215 e. The number of ether oxygens (including phenoxy) is 1. The molecule has 0 saturated heterocycles. The first-order valence-corrected chi connectivity index (χ1v) is 8.57. The van der Waals surface area contributed by atoms with E-state index in [9.17, 15) is 13.5 Å². The van der Waals surface area contributed by atoms with Gasteiger partial charge in [-0.15, -0.1) is 0 Å². The molecule has 0 amide bonds. The molecule has 120 valence electrons. The monoisotopic (exact) mass is 316 g/mol. The van der Waals surface area contributed by atoms with Crippen LogP contribution in [-0.4, -0.2) is 38.0 Å². The van der Waals surface area contributed by atoms with E-state index in [1.807, 2.05) is 6.92 Å². The van der Waals surface area contributed by atoms with Crippen LogP contribution in [0.25, 0.3) is 0 Å². The number of anilines is 1. The first-order valence-electron chi connectivity index (χ1n) is 6.92. The Balaban J connectivity index is 2.39. The van der Waals surface area contributed by atoms with Crippen LogP contribution in [0, 0.1) is 0 Å². The number of nitrogens with two attached hydrogens (primary N) is 1. The standard InChI is InChI=1S/C14H24N2O4S/c1-3-7-14(2,17)11-16-21(18,19)9-8-20-13-6-4-5-12(15)10-13/h4-6,10,16-17H,3,7-9,11,15H2,1-2H3. The van der Waals surface area contributed by atoms with Crippen molar-refractivity contribution in [3.05, 3.63) is 24.3 Å². The molecule has 7 heteroatoms. The average Bonchev–Trinajstić information content (AvgIpc) is 2.37. The SMILES string of the molecule is CCCC(C)(O)CNS(=O)(=O)CCOc1cccc(N)c1. The first-order chi connectivity index (χ1) is 9.74. The maximum absolute atomic E-state index is 11.8. The van der Waals surface area contributed by atoms with Crippen molar-refractivity contribution < 1.29 is 18.3 Å². The molecule has 0 aromatic heterocycles. The van der Waals surface area contributed by atoms with Crippen LogP contribution in [0.3, 0.4) is 0 Å². The smallest absolute Gasteiger partial charge is 0.215 e. The Morgan fingerprint density at radius 2 is 2.14 bits per heavy atom. The van der Waals surface area contributed by atoms with E-state index in [0.717, 1.165) is 6.42 Å². The lowest BCUT2D eigenvalue weighted by Gasteiger charge is -2.22. The zero-order chi connectivity index (χ0) is 15.9. The van der Waals surface area contributed by atoms with Gasteiger partial charge in [-0.25, -0.2) is 13.1 Å². The molecule has 1 unspecified atom stereocenters. The second kappa shape index (κ2) is 7.63. The van der Waals surface area contributed by atoms with Gasteiger partial charge >= 0.3 is 0 Å². The summed E-state index contributed by atoms with van der Waals surface area (Å²) in [5.74, 6) is 0.354. The van der Waals surface area contributed by atoms with E-state index in [1.54, 1.807) is 31.2 Å². The predicted octanol–water partition coefficient (Wildman–Crippen LogP) is 1.12. The van der Waals surface area contributed by atoms with Crippen LogP contribution in [0.2, 0.25) is 0 Å². The Kier molecular flexibility index (Phi) is 6.44. The van der Waals surface area contributed by atoms with Crippen molar-refractivity contribution >= 4 is 15.7 Å². The summed E-state index contributed by atoms with van der Waals surface area (Å²) in [5, 5.41) is 9.94. The molecule has 0 radical (unpaired) electrons. The lowest BCUT2D eigenvalue weighted by molar-refractivity contribution is 0.0554. The van der Waals surface area contributed by atoms with Gasteiger partial charge in [-0.2, -0.15) is 0 Å². The van der Waals surface area contributed by atoms with Crippen LogP contribution in [-0.2, 0) is 10.0 Å². The van der Waals surface area contributed by atoms with Crippen molar-refractivity contribution in [3.63, 3.8) is 0 Å². The Bertz CT molecular complexity index is 544. The number of nitrogens with one attached hydrogen (secondary N) is 1. The second-order valence-electron chi connectivity index (χ2n) is 5.31. The first kappa shape index (κ1) is 17.7. The molecule has 0 bridgehead atoms. The summed E-state index contributed by atoms with van der Waals surface area (Å²) in [6.45, 7) is 3.57. The van der Waals surface area contributed by atoms with Gasteiger partial charge in [0.25, 0.3) is 0 Å². The summed E-state index contributed by atoms with van der Waals surface area (Å²) in [7, 11) is -3.48. The summed E-state index contributed by atoms with van der Waals surface area (Å²) >= 11 is 0. The van der Waals surface area contributed by atoms with Gasteiger partial charge in [-0.3, -0.25) is 0 Å². The zero-order valence-corrected chi connectivity index (χ0v) is 13.3. The lowest BCUT2D eigenvalue weighted by Crippen LogP contribution is -2.41. The minimum absolute atomic E-state index is 0.00145. The van der Waals surface area contributed by atoms with E-state index in [1.165, 1.54) is 0 Å². The van der Waals surface area contributed by atoms with Crippen LogP contribution < -0.4 is 15.2 Å². The summed E-state index contributed by atoms with van der Waals surface area (Å²) in [4.78, 5) is 0. The van der Waals surface area contributed by atoms with Crippen molar-refractivity contribution in [1.29, 1.82) is 0 Å². The molecule has 0 aliphatic carbocycles. The predicted molar refractivity (Wildman–Crippen MR) is 83.7 cm³/mol. The third-order valence-corrected chi connectivity index (χ3v) is 4.23. The van der Waals surface area contributed by atoms with Gasteiger partial charge in [-0.05, 0) is 25.5 Å². The maximum atomic E-state index is 11.8. The summed E-state index contributed by atoms with van der Waals surface area (Å²) in [6, 6.07) is 6.80. The largest absolute Gasteiger partial charge is 0.492 e. The van der Waals surface area contributed by atoms with E-state index in [4.69, 9.17) is 10.5 Å². The molecule has 1 atom stereocenters. The number of nitrogen functional groups attached to an aromatic ring is 1. The van der Waals surface area contributed by atoms with Crippen LogP contribution in [0.4, 0.5) is 5.69 Å². The Hall–Kier alpha value is -1.31. The highest BCUT2D eigenvalue weighted by Crippen LogP contribution is 2.14. The highest BCUT2D eigenvalue weighted by molar-refractivity contribution is 7.89. The van der Waals surface area contributed by atoms with Crippen LogP contribution in [0.5, 0.6) is 5.75 Å². The van der Waals surface area contributed by atoms with Crippen molar-refractivity contribution in [2.75, 3.05) is 24.6 Å². The van der Waals surface area contributed by atoms with Crippen molar-refractivity contribution in [1.82, 2.24) is 4.72 Å². The third-order valence-electron chi connectivity index (χ3n) is 2.94. The summed E-state index contributed by atoms with van der Waals surface area (Å²) in [6.07, 6.45) is 1.32. The van der Waals surface area contributed by atoms with Gasteiger partial charge in [-0.1, -0.05) is 19.4 Å². The number of benzene rings is 1. The third kappa shape index (κ3) is 7.31. The van der Waals surface area contributed by atoms with E-state index in [-0.39, 0.29) is 18.9 Å². The molecule has 1 aromatic carbocycles. The molecular weight excluding hydrogens is 292 g/mol. The number of hydrogen-bond acceptors (Lipinski definition) is 5. The van der Waals surface area contributed by atoms with Crippen LogP contribution in [0.15, 0.2) is 24.3 Å². The van der Waals surface area contributed by atoms with Gasteiger partial charge < -0.3 is 15.6 Å². The molecule has 0 aliphatic heterocycles. The van der Waals surface area contributed by atoms with E-state index < -0.39 is 15.6 Å². The molecule has 4 N–H and O–H groups in total. The van der Waals surface area contributed by atoms with Gasteiger partial charge in [0.15, 0.2) is 0 Å². The minimum atomic E-state index is -3.48. The second-order valence-corrected chi connectivity index (χ2v) is 7.23. The minimum Gasteiger partial charge on any atom is -0.492 e. The molecule has 0 aliphatic rings. The molecule has 0 heterocycles. The number of rotatable bonds is 9. The van der Waals surface area contributed by atoms with Crippen molar-refractivity contribution in [3.8, 4) is 5.75 Å². The molecule has 6 nitrogen and oxygen atoms in total. The van der Waals surface area contributed by atoms with Gasteiger partial charge in [0, 0.05) is 18.3 Å². The van der Waals surface area contributed by atoms with Crippen LogP contribution in [0.1, 0.15) is 26.7 Å². The summed E-state index contributed by atoms with van der Waals surface area (Å²) in [5.41, 5.74) is 5.13.